The van der Waals surface area contributed by atoms with E-state index in [0.29, 0.717) is 12.5 Å². The Labute approximate surface area is 81.0 Å². The minimum Gasteiger partial charge on any atom is -0.469 e. The van der Waals surface area contributed by atoms with Crippen LogP contribution in [0.3, 0.4) is 0 Å². The fourth-order valence-corrected chi connectivity index (χ4v) is 2.31. The van der Waals surface area contributed by atoms with Gasteiger partial charge in [-0.25, -0.2) is 0 Å². The number of halogens is 1. The van der Waals surface area contributed by atoms with Crippen LogP contribution in [0.4, 0.5) is 0 Å². The molecule has 0 heterocycles. The number of hydrogen-bond acceptors (Lipinski definition) is 4. The SMILES string of the molecule is COC(=O)CC[Si](Br)(OC)OC. The first-order valence-corrected chi connectivity index (χ1v) is 7.72. The van der Waals surface area contributed by atoms with Crippen LogP contribution >= 0.6 is 15.3 Å². The van der Waals surface area contributed by atoms with Crippen molar-refractivity contribution < 1.29 is 18.4 Å². The number of carbonyl (C=O) groups is 1. The lowest BCUT2D eigenvalue weighted by molar-refractivity contribution is -0.140. The van der Waals surface area contributed by atoms with Crippen LogP contribution in [0, 0.1) is 0 Å². The van der Waals surface area contributed by atoms with E-state index < -0.39 is 7.18 Å². The van der Waals surface area contributed by atoms with Crippen LogP contribution < -0.4 is 0 Å². The Morgan fingerprint density at radius 1 is 1.33 bits per heavy atom. The summed E-state index contributed by atoms with van der Waals surface area (Å²) in [6.45, 7) is 0. The molecule has 0 aliphatic rings. The van der Waals surface area contributed by atoms with E-state index in [9.17, 15) is 4.79 Å². The lowest BCUT2D eigenvalue weighted by atomic mass is 10.5. The van der Waals surface area contributed by atoms with Gasteiger partial charge in [0.25, 0.3) is 0 Å². The van der Waals surface area contributed by atoms with Gasteiger partial charge in [-0.3, -0.25) is 4.79 Å². The first-order valence-electron chi connectivity index (χ1n) is 3.44. The highest BCUT2D eigenvalue weighted by atomic mass is 79.9. The number of esters is 1. The first kappa shape index (κ1) is 12.1. The molecule has 0 aliphatic carbocycles. The van der Waals surface area contributed by atoms with E-state index in [0.717, 1.165) is 0 Å². The molecule has 0 saturated carbocycles. The normalized spacial score (nSPS) is 11.3. The van der Waals surface area contributed by atoms with Gasteiger partial charge >= 0.3 is 13.1 Å². The van der Waals surface area contributed by atoms with Gasteiger partial charge in [-0.1, -0.05) is 15.3 Å². The van der Waals surface area contributed by atoms with Crippen molar-refractivity contribution in [3.8, 4) is 0 Å². The van der Waals surface area contributed by atoms with Gasteiger partial charge in [0, 0.05) is 26.7 Å². The Morgan fingerprint density at radius 2 is 1.83 bits per heavy atom. The summed E-state index contributed by atoms with van der Waals surface area (Å²) in [6.07, 6.45) is 0.315. The lowest BCUT2D eigenvalue weighted by Crippen LogP contribution is -2.33. The Bertz CT molecular complexity index is 148. The fourth-order valence-electron chi connectivity index (χ4n) is 0.641. The van der Waals surface area contributed by atoms with Gasteiger partial charge in [-0.15, -0.1) is 0 Å². The molecule has 0 fully saturated rings. The molecule has 0 rings (SSSR count). The van der Waals surface area contributed by atoms with Crippen molar-refractivity contribution in [2.24, 2.45) is 0 Å². The summed E-state index contributed by atoms with van der Waals surface area (Å²) in [5.41, 5.74) is 0. The second kappa shape index (κ2) is 5.68. The van der Waals surface area contributed by atoms with Crippen molar-refractivity contribution in [2.45, 2.75) is 12.5 Å². The largest absolute Gasteiger partial charge is 0.469 e. The molecule has 0 aliphatic heterocycles. The van der Waals surface area contributed by atoms with Gasteiger partial charge in [0.1, 0.15) is 0 Å². The average Bonchev–Trinajstić information content (AvgIpc) is 2.13. The van der Waals surface area contributed by atoms with Crippen LogP contribution in [0.15, 0.2) is 0 Å². The van der Waals surface area contributed by atoms with Crippen molar-refractivity contribution in [2.75, 3.05) is 21.3 Å². The van der Waals surface area contributed by atoms with Crippen LogP contribution in [-0.4, -0.2) is 34.5 Å². The molecule has 0 N–H and O–H groups in total. The summed E-state index contributed by atoms with van der Waals surface area (Å²) >= 11 is 3.33. The second-order valence-electron chi connectivity index (χ2n) is 2.14. The Kier molecular flexibility index (Phi) is 5.73. The summed E-state index contributed by atoms with van der Waals surface area (Å²) in [7, 11) is 2.21. The minimum absolute atomic E-state index is 0.250. The molecule has 0 saturated heterocycles. The number of methoxy groups -OCH3 is 1. The van der Waals surface area contributed by atoms with Gasteiger partial charge in [0.2, 0.25) is 0 Å². The smallest absolute Gasteiger partial charge is 0.414 e. The molecule has 0 unspecified atom stereocenters. The van der Waals surface area contributed by atoms with E-state index in [2.05, 4.69) is 20.0 Å². The highest BCUT2D eigenvalue weighted by molar-refractivity contribution is 9.25. The maximum atomic E-state index is 10.8. The lowest BCUT2D eigenvalue weighted by Gasteiger charge is -2.19. The van der Waals surface area contributed by atoms with E-state index in [1.807, 2.05) is 0 Å². The first-order chi connectivity index (χ1) is 5.58. The third kappa shape index (κ3) is 4.20. The van der Waals surface area contributed by atoms with E-state index >= 15 is 0 Å². The summed E-state index contributed by atoms with van der Waals surface area (Å²) in [5.74, 6) is -0.250. The van der Waals surface area contributed by atoms with E-state index in [1.165, 1.54) is 7.11 Å². The van der Waals surface area contributed by atoms with Crippen molar-refractivity contribution in [1.82, 2.24) is 0 Å². The zero-order chi connectivity index (χ0) is 9.61. The van der Waals surface area contributed by atoms with Crippen LogP contribution in [0.25, 0.3) is 0 Å². The number of carbonyl (C=O) groups excluding carboxylic acids is 1. The third-order valence-electron chi connectivity index (χ3n) is 1.47. The Balaban J connectivity index is 3.80. The van der Waals surface area contributed by atoms with E-state index in [4.69, 9.17) is 8.85 Å². The molecule has 4 nitrogen and oxygen atoms in total. The molecule has 0 aromatic carbocycles. The molecule has 12 heavy (non-hydrogen) atoms. The molecule has 0 bridgehead atoms. The molecular formula is C6H13BrO4Si. The molecule has 0 spiro atoms. The average molecular weight is 257 g/mol. The topological polar surface area (TPSA) is 44.8 Å². The minimum atomic E-state index is -2.26. The summed E-state index contributed by atoms with van der Waals surface area (Å²) < 4.78 is 14.7. The van der Waals surface area contributed by atoms with E-state index in [-0.39, 0.29) is 5.97 Å². The van der Waals surface area contributed by atoms with Crippen molar-refractivity contribution in [3.05, 3.63) is 0 Å². The maximum absolute atomic E-state index is 10.8. The standard InChI is InChI=1S/C6H13BrO4Si/c1-9-6(8)4-5-12(7,10-2)11-3/h4-5H2,1-3H3. The van der Waals surface area contributed by atoms with Gasteiger partial charge < -0.3 is 13.6 Å². The van der Waals surface area contributed by atoms with Crippen molar-refractivity contribution >= 4 is 28.4 Å². The second-order valence-corrected chi connectivity index (χ2v) is 8.41. The van der Waals surface area contributed by atoms with Gasteiger partial charge in [0.15, 0.2) is 0 Å². The fraction of sp³-hybridized carbons (Fsp3) is 0.833. The molecular weight excluding hydrogens is 244 g/mol. The van der Waals surface area contributed by atoms with Gasteiger partial charge in [0.05, 0.1) is 7.11 Å². The Hall–Kier alpha value is 0.0869. The molecule has 0 amide bonds. The number of rotatable bonds is 5. The van der Waals surface area contributed by atoms with Crippen molar-refractivity contribution in [3.63, 3.8) is 0 Å². The van der Waals surface area contributed by atoms with Crippen molar-refractivity contribution in [1.29, 1.82) is 0 Å². The quantitative estimate of drug-likeness (QED) is 0.421. The maximum Gasteiger partial charge on any atom is 0.414 e. The highest BCUT2D eigenvalue weighted by Gasteiger charge is 2.32. The summed E-state index contributed by atoms with van der Waals surface area (Å²) in [4.78, 5) is 10.8. The molecule has 0 radical (unpaired) electrons. The van der Waals surface area contributed by atoms with Crippen LogP contribution in [0.2, 0.25) is 6.04 Å². The molecule has 0 aromatic heterocycles. The molecule has 0 aromatic rings. The molecule has 6 heteroatoms. The number of ether oxygens (including phenoxy) is 1. The summed E-state index contributed by atoms with van der Waals surface area (Å²) in [5, 5.41) is 0. The zero-order valence-corrected chi connectivity index (χ0v) is 10.0. The van der Waals surface area contributed by atoms with Crippen LogP contribution in [0.1, 0.15) is 6.42 Å². The Morgan fingerprint density at radius 3 is 2.17 bits per heavy atom. The van der Waals surface area contributed by atoms with E-state index in [1.54, 1.807) is 14.2 Å². The predicted molar refractivity (Wildman–Crippen MR) is 50.1 cm³/mol. The van der Waals surface area contributed by atoms with Gasteiger partial charge in [-0.05, 0) is 0 Å². The van der Waals surface area contributed by atoms with Gasteiger partial charge in [-0.2, -0.15) is 0 Å². The monoisotopic (exact) mass is 256 g/mol. The molecule has 72 valence electrons. The molecule has 0 atom stereocenters. The predicted octanol–water partition coefficient (Wildman–Crippen LogP) is 1.18. The highest BCUT2D eigenvalue weighted by Crippen LogP contribution is 2.21. The summed E-state index contributed by atoms with van der Waals surface area (Å²) in [6, 6.07) is 0.548. The third-order valence-corrected chi connectivity index (χ3v) is 6.66. The van der Waals surface area contributed by atoms with Crippen LogP contribution in [0.5, 0.6) is 0 Å². The zero-order valence-electron chi connectivity index (χ0n) is 7.43. The van der Waals surface area contributed by atoms with Crippen LogP contribution in [-0.2, 0) is 18.4 Å². The number of hydrogen-bond donors (Lipinski definition) is 0.